The lowest BCUT2D eigenvalue weighted by Gasteiger charge is -2.17. The summed E-state index contributed by atoms with van der Waals surface area (Å²) in [6.07, 6.45) is 5.40. The fraction of sp³-hybridized carbons (Fsp3) is 0.182. The Bertz CT molecular complexity index is 1180. The molecule has 2 aromatic carbocycles. The van der Waals surface area contributed by atoms with E-state index < -0.39 is 0 Å². The molecule has 0 saturated carbocycles. The van der Waals surface area contributed by atoms with Crippen LogP contribution in [-0.2, 0) is 6.42 Å². The zero-order valence-corrected chi connectivity index (χ0v) is 16.9. The summed E-state index contributed by atoms with van der Waals surface area (Å²) in [4.78, 5) is 8.91. The van der Waals surface area contributed by atoms with Crippen LogP contribution in [0.3, 0.4) is 0 Å². The fourth-order valence-electron chi connectivity index (χ4n) is 4.08. The Labute approximate surface area is 170 Å². The summed E-state index contributed by atoms with van der Waals surface area (Å²) in [5.41, 5.74) is 5.45. The molecule has 0 spiro atoms. The van der Waals surface area contributed by atoms with Crippen LogP contribution in [0.1, 0.15) is 29.4 Å². The number of hydrogen-bond donors (Lipinski definition) is 0. The maximum Gasteiger partial charge on any atom is 0.133 e. The molecule has 5 rings (SSSR count). The van der Waals surface area contributed by atoms with Crippen LogP contribution in [0.4, 0.5) is 4.39 Å². The van der Waals surface area contributed by atoms with Crippen molar-refractivity contribution in [2.24, 2.45) is 0 Å². The standard InChI is InChI=1S/C22H17FIN3/c1-13-8-9-25-12-16(13)15-10-21-19(11-17(15)23)26-22-7-6-20(27(21)22)14-4-2-3-5-18(14)24/h2-5,8-12,20H,6-7H2,1H3/t20-/m1/s1. The molecular weight excluding hydrogens is 452 g/mol. The molecule has 1 aliphatic rings. The highest BCUT2D eigenvalue weighted by molar-refractivity contribution is 14.1. The third-order valence-corrected chi connectivity index (χ3v) is 6.38. The predicted octanol–water partition coefficient (Wildman–Crippen LogP) is 5.69. The summed E-state index contributed by atoms with van der Waals surface area (Å²) < 4.78 is 18.4. The zero-order valence-electron chi connectivity index (χ0n) is 14.8. The van der Waals surface area contributed by atoms with Gasteiger partial charge in [-0.2, -0.15) is 0 Å². The molecule has 3 nitrogen and oxygen atoms in total. The van der Waals surface area contributed by atoms with Crippen LogP contribution in [0.25, 0.3) is 22.2 Å². The molecule has 134 valence electrons. The Morgan fingerprint density at radius 3 is 2.81 bits per heavy atom. The van der Waals surface area contributed by atoms with Crippen LogP contribution in [0, 0.1) is 16.3 Å². The highest BCUT2D eigenvalue weighted by Gasteiger charge is 2.29. The molecule has 27 heavy (non-hydrogen) atoms. The summed E-state index contributed by atoms with van der Waals surface area (Å²) >= 11 is 2.39. The third-order valence-electron chi connectivity index (χ3n) is 5.40. The van der Waals surface area contributed by atoms with E-state index in [1.54, 1.807) is 18.5 Å². The van der Waals surface area contributed by atoms with Gasteiger partial charge in [-0.3, -0.25) is 4.98 Å². The van der Waals surface area contributed by atoms with Crippen molar-refractivity contribution in [3.05, 3.63) is 81.2 Å². The molecular formula is C22H17FIN3. The van der Waals surface area contributed by atoms with Crippen molar-refractivity contribution in [1.82, 2.24) is 14.5 Å². The largest absolute Gasteiger partial charge is 0.320 e. The molecule has 0 aliphatic carbocycles. The number of nitrogens with zero attached hydrogens (tertiary/aromatic N) is 3. The third kappa shape index (κ3) is 2.67. The van der Waals surface area contributed by atoms with Gasteiger partial charge < -0.3 is 4.57 Å². The maximum atomic E-state index is 14.9. The lowest BCUT2D eigenvalue weighted by atomic mass is 10.0. The number of aromatic nitrogens is 3. The molecule has 5 heteroatoms. The molecule has 4 aromatic rings. The van der Waals surface area contributed by atoms with Crippen molar-refractivity contribution in [3.63, 3.8) is 0 Å². The van der Waals surface area contributed by atoms with Gasteiger partial charge in [-0.25, -0.2) is 9.37 Å². The minimum Gasteiger partial charge on any atom is -0.320 e. The Morgan fingerprint density at radius 2 is 2.00 bits per heavy atom. The predicted molar refractivity (Wildman–Crippen MR) is 113 cm³/mol. The summed E-state index contributed by atoms with van der Waals surface area (Å²) in [5.74, 6) is 0.787. The molecule has 2 aromatic heterocycles. The van der Waals surface area contributed by atoms with Gasteiger partial charge in [-0.1, -0.05) is 18.2 Å². The van der Waals surface area contributed by atoms with E-state index in [4.69, 9.17) is 4.98 Å². The van der Waals surface area contributed by atoms with E-state index in [1.807, 2.05) is 19.1 Å². The van der Waals surface area contributed by atoms with Gasteiger partial charge in [0.15, 0.2) is 0 Å². The lowest BCUT2D eigenvalue weighted by Crippen LogP contribution is -2.07. The maximum absolute atomic E-state index is 14.9. The van der Waals surface area contributed by atoms with E-state index in [1.165, 1.54) is 9.13 Å². The molecule has 1 aliphatic heterocycles. The Kier molecular flexibility index (Phi) is 4.00. The number of benzene rings is 2. The van der Waals surface area contributed by atoms with Gasteiger partial charge in [0.2, 0.25) is 0 Å². The van der Waals surface area contributed by atoms with E-state index >= 15 is 0 Å². The van der Waals surface area contributed by atoms with Crippen LogP contribution >= 0.6 is 22.6 Å². The minimum atomic E-state index is -0.249. The molecule has 1 atom stereocenters. The molecule has 0 unspecified atom stereocenters. The summed E-state index contributed by atoms with van der Waals surface area (Å²) in [5, 5.41) is 0. The summed E-state index contributed by atoms with van der Waals surface area (Å²) in [6, 6.07) is 14.1. The van der Waals surface area contributed by atoms with Crippen LogP contribution in [0.15, 0.2) is 54.9 Å². The van der Waals surface area contributed by atoms with Crippen molar-refractivity contribution in [2.75, 3.05) is 0 Å². The van der Waals surface area contributed by atoms with Gasteiger partial charge in [-0.05, 0) is 65.3 Å². The highest BCUT2D eigenvalue weighted by Crippen LogP contribution is 2.39. The zero-order chi connectivity index (χ0) is 18.5. The van der Waals surface area contributed by atoms with Gasteiger partial charge in [0.25, 0.3) is 0 Å². The molecule has 0 N–H and O–H groups in total. The van der Waals surface area contributed by atoms with Crippen LogP contribution < -0.4 is 0 Å². The number of aryl methyl sites for hydroxylation is 2. The van der Waals surface area contributed by atoms with E-state index in [0.29, 0.717) is 5.56 Å². The van der Waals surface area contributed by atoms with Crippen LogP contribution in [-0.4, -0.2) is 14.5 Å². The van der Waals surface area contributed by atoms with E-state index in [0.717, 1.165) is 40.8 Å². The average Bonchev–Trinajstić information content (AvgIpc) is 3.21. The number of hydrogen-bond acceptors (Lipinski definition) is 2. The molecule has 0 saturated heterocycles. The monoisotopic (exact) mass is 469 g/mol. The van der Waals surface area contributed by atoms with Crippen molar-refractivity contribution in [2.45, 2.75) is 25.8 Å². The van der Waals surface area contributed by atoms with Gasteiger partial charge >= 0.3 is 0 Å². The van der Waals surface area contributed by atoms with E-state index in [-0.39, 0.29) is 11.9 Å². The Hall–Kier alpha value is -2.28. The topological polar surface area (TPSA) is 30.7 Å². The first-order valence-electron chi connectivity index (χ1n) is 8.99. The molecule has 0 radical (unpaired) electrons. The number of fused-ring (bicyclic) bond motifs is 3. The first kappa shape index (κ1) is 16.9. The lowest BCUT2D eigenvalue weighted by molar-refractivity contribution is 0.627. The second kappa shape index (κ2) is 6.41. The van der Waals surface area contributed by atoms with Gasteiger partial charge in [0, 0.05) is 39.6 Å². The van der Waals surface area contributed by atoms with Crippen molar-refractivity contribution >= 4 is 33.6 Å². The van der Waals surface area contributed by atoms with E-state index in [2.05, 4.69) is 56.4 Å². The second-order valence-corrected chi connectivity index (χ2v) is 8.15. The number of halogens is 2. The smallest absolute Gasteiger partial charge is 0.133 e. The fourth-order valence-corrected chi connectivity index (χ4v) is 4.82. The van der Waals surface area contributed by atoms with Crippen molar-refractivity contribution in [3.8, 4) is 11.1 Å². The molecule has 0 amide bonds. The summed E-state index contributed by atoms with van der Waals surface area (Å²) in [7, 11) is 0. The van der Waals surface area contributed by atoms with Crippen LogP contribution in [0.2, 0.25) is 0 Å². The SMILES string of the molecule is Cc1ccncc1-c1cc2c(cc1F)nc1n2[C@@H](c2ccccc2I)CC1. The first-order chi connectivity index (χ1) is 13.1. The average molecular weight is 469 g/mol. The van der Waals surface area contributed by atoms with Crippen molar-refractivity contribution < 1.29 is 4.39 Å². The quantitative estimate of drug-likeness (QED) is 0.354. The van der Waals surface area contributed by atoms with Gasteiger partial charge in [0.05, 0.1) is 17.1 Å². The van der Waals surface area contributed by atoms with Crippen LogP contribution in [0.5, 0.6) is 0 Å². The number of pyridine rings is 1. The Morgan fingerprint density at radius 1 is 1.15 bits per heavy atom. The number of imidazole rings is 1. The van der Waals surface area contributed by atoms with E-state index in [9.17, 15) is 4.39 Å². The molecule has 0 fully saturated rings. The normalized spacial score (nSPS) is 16.0. The molecule has 0 bridgehead atoms. The van der Waals surface area contributed by atoms with Gasteiger partial charge in [0.1, 0.15) is 11.6 Å². The van der Waals surface area contributed by atoms with Crippen molar-refractivity contribution in [1.29, 1.82) is 0 Å². The second-order valence-electron chi connectivity index (χ2n) is 6.99. The highest BCUT2D eigenvalue weighted by atomic mass is 127. The Balaban J connectivity index is 1.74. The summed E-state index contributed by atoms with van der Waals surface area (Å²) in [6.45, 7) is 1.98. The first-order valence-corrected chi connectivity index (χ1v) is 10.1. The minimum absolute atomic E-state index is 0.242. The van der Waals surface area contributed by atoms with Gasteiger partial charge in [-0.15, -0.1) is 0 Å². The molecule has 3 heterocycles. The number of rotatable bonds is 2.